The van der Waals surface area contributed by atoms with Crippen molar-refractivity contribution in [2.45, 2.75) is 0 Å². The number of hydrogen-bond acceptors (Lipinski definition) is 4. The highest BCUT2D eigenvalue weighted by atomic mass is 35.5. The molecule has 1 aromatic carbocycles. The SMILES string of the molecule is CN(C)C(=O)CN1C(=O)N2CCN=C2c2cnn(-c3ccc(Cl)cc3)c21. The van der Waals surface area contributed by atoms with Gasteiger partial charge in [-0.15, -0.1) is 0 Å². The molecule has 0 saturated carbocycles. The number of hydrogen-bond donors (Lipinski definition) is 0. The molecule has 0 radical (unpaired) electrons. The van der Waals surface area contributed by atoms with Crippen LogP contribution in [0.15, 0.2) is 35.5 Å². The number of rotatable bonds is 3. The minimum absolute atomic E-state index is 0.0676. The van der Waals surface area contributed by atoms with E-state index in [1.54, 1.807) is 42.0 Å². The zero-order valence-electron chi connectivity index (χ0n) is 14.4. The molecular weight excluding hydrogens is 356 g/mol. The Hall–Kier alpha value is -2.87. The molecule has 8 nitrogen and oxygen atoms in total. The van der Waals surface area contributed by atoms with Crippen molar-refractivity contribution in [3.63, 3.8) is 0 Å². The van der Waals surface area contributed by atoms with E-state index in [1.165, 1.54) is 9.80 Å². The molecule has 4 rings (SSSR count). The summed E-state index contributed by atoms with van der Waals surface area (Å²) in [4.78, 5) is 34.3. The molecule has 3 amide bonds. The topological polar surface area (TPSA) is 74.0 Å². The maximum absolute atomic E-state index is 13.0. The molecule has 0 fully saturated rings. The van der Waals surface area contributed by atoms with E-state index in [0.717, 1.165) is 11.3 Å². The van der Waals surface area contributed by atoms with E-state index < -0.39 is 0 Å². The van der Waals surface area contributed by atoms with Gasteiger partial charge in [0.15, 0.2) is 5.82 Å². The summed E-state index contributed by atoms with van der Waals surface area (Å²) in [6.45, 7) is 0.983. The number of nitrogens with zero attached hydrogens (tertiary/aromatic N) is 6. The molecule has 0 saturated heterocycles. The predicted octanol–water partition coefficient (Wildman–Crippen LogP) is 1.62. The number of halogens is 1. The summed E-state index contributed by atoms with van der Waals surface area (Å²) in [6.07, 6.45) is 1.68. The van der Waals surface area contributed by atoms with Gasteiger partial charge in [-0.2, -0.15) is 5.10 Å². The monoisotopic (exact) mass is 372 g/mol. The van der Waals surface area contributed by atoms with Crippen molar-refractivity contribution in [3.05, 3.63) is 41.0 Å². The first kappa shape index (κ1) is 16.6. The minimum atomic E-state index is -0.264. The predicted molar refractivity (Wildman–Crippen MR) is 98.1 cm³/mol. The van der Waals surface area contributed by atoms with Gasteiger partial charge < -0.3 is 4.90 Å². The highest BCUT2D eigenvalue weighted by Gasteiger charge is 2.41. The molecule has 2 aliphatic rings. The molecule has 9 heteroatoms. The summed E-state index contributed by atoms with van der Waals surface area (Å²) < 4.78 is 1.64. The van der Waals surface area contributed by atoms with E-state index in [9.17, 15) is 9.59 Å². The van der Waals surface area contributed by atoms with E-state index >= 15 is 0 Å². The Morgan fingerprint density at radius 2 is 2.00 bits per heavy atom. The molecule has 0 spiro atoms. The highest BCUT2D eigenvalue weighted by Crippen LogP contribution is 2.33. The lowest BCUT2D eigenvalue weighted by Crippen LogP contribution is -2.53. The van der Waals surface area contributed by atoms with E-state index in [0.29, 0.717) is 29.8 Å². The first-order valence-corrected chi connectivity index (χ1v) is 8.53. The number of aliphatic imine (C=N–C) groups is 1. The van der Waals surface area contributed by atoms with Crippen LogP contribution < -0.4 is 4.90 Å². The van der Waals surface area contributed by atoms with Crippen LogP contribution in [0.2, 0.25) is 5.02 Å². The molecule has 0 aliphatic carbocycles. The van der Waals surface area contributed by atoms with Crippen LogP contribution in [0.25, 0.3) is 5.69 Å². The number of fused-ring (bicyclic) bond motifs is 3. The van der Waals surface area contributed by atoms with Crippen LogP contribution >= 0.6 is 11.6 Å². The largest absolute Gasteiger partial charge is 0.347 e. The van der Waals surface area contributed by atoms with Crippen molar-refractivity contribution in [1.82, 2.24) is 19.6 Å². The number of carbonyl (C=O) groups excluding carboxylic acids is 2. The summed E-state index contributed by atoms with van der Waals surface area (Å²) in [5.41, 5.74) is 1.49. The standard InChI is InChI=1S/C17H17ClN6O2/c1-21(2)14(25)10-23-16-13(15-19-7-8-22(15)17(23)26)9-20-24(16)12-5-3-11(18)4-6-12/h3-6,9H,7-8,10H2,1-2H3. The van der Waals surface area contributed by atoms with Gasteiger partial charge >= 0.3 is 6.03 Å². The van der Waals surface area contributed by atoms with E-state index in [2.05, 4.69) is 10.1 Å². The minimum Gasteiger partial charge on any atom is -0.347 e. The second-order valence-electron chi connectivity index (χ2n) is 6.28. The Morgan fingerprint density at radius 3 is 2.69 bits per heavy atom. The first-order valence-electron chi connectivity index (χ1n) is 8.15. The quantitative estimate of drug-likeness (QED) is 0.821. The van der Waals surface area contributed by atoms with E-state index in [4.69, 9.17) is 11.6 Å². The first-order chi connectivity index (χ1) is 12.5. The number of urea groups is 1. The van der Waals surface area contributed by atoms with Crippen LogP contribution in [-0.4, -0.2) is 71.1 Å². The van der Waals surface area contributed by atoms with Gasteiger partial charge in [0.05, 0.1) is 24.0 Å². The number of benzene rings is 1. The van der Waals surface area contributed by atoms with Crippen LogP contribution in [0.3, 0.4) is 0 Å². The maximum atomic E-state index is 13.0. The fraction of sp³-hybridized carbons (Fsp3) is 0.294. The Labute approximate surface area is 155 Å². The third-order valence-corrected chi connectivity index (χ3v) is 4.66. The summed E-state index contributed by atoms with van der Waals surface area (Å²) >= 11 is 5.97. The van der Waals surface area contributed by atoms with Crippen LogP contribution in [0, 0.1) is 0 Å². The second kappa shape index (κ2) is 6.14. The number of aromatic nitrogens is 2. The van der Waals surface area contributed by atoms with E-state index in [1.807, 2.05) is 12.1 Å². The highest BCUT2D eigenvalue weighted by molar-refractivity contribution is 6.30. The number of amidine groups is 1. The fourth-order valence-electron chi connectivity index (χ4n) is 3.05. The van der Waals surface area contributed by atoms with Crippen LogP contribution in [-0.2, 0) is 4.79 Å². The van der Waals surface area contributed by atoms with Crippen molar-refractivity contribution >= 4 is 35.2 Å². The van der Waals surface area contributed by atoms with Crippen LogP contribution in [0.1, 0.15) is 5.56 Å². The molecule has 2 aliphatic heterocycles. The van der Waals surface area contributed by atoms with Crippen molar-refractivity contribution in [3.8, 4) is 5.69 Å². The molecule has 1 aromatic heterocycles. The second-order valence-corrected chi connectivity index (χ2v) is 6.72. The molecular formula is C17H17ClN6O2. The third-order valence-electron chi connectivity index (χ3n) is 4.41. The summed E-state index contributed by atoms with van der Waals surface area (Å²) in [5, 5.41) is 5.05. The Balaban J connectivity index is 1.85. The molecule has 3 heterocycles. The Kier molecular flexibility index (Phi) is 3.91. The normalized spacial score (nSPS) is 15.7. The Bertz CT molecular complexity index is 918. The van der Waals surface area contributed by atoms with Gasteiger partial charge in [-0.1, -0.05) is 11.6 Å². The summed E-state index contributed by atoms with van der Waals surface area (Å²) in [5.74, 6) is 0.982. The van der Waals surface area contributed by atoms with Gasteiger partial charge in [0.1, 0.15) is 12.4 Å². The van der Waals surface area contributed by atoms with Crippen molar-refractivity contribution in [2.24, 2.45) is 4.99 Å². The average molecular weight is 373 g/mol. The molecule has 2 aromatic rings. The Morgan fingerprint density at radius 1 is 1.27 bits per heavy atom. The van der Waals surface area contributed by atoms with Crippen molar-refractivity contribution in [1.29, 1.82) is 0 Å². The zero-order chi connectivity index (χ0) is 18.4. The van der Waals surface area contributed by atoms with Gasteiger partial charge in [0, 0.05) is 25.7 Å². The van der Waals surface area contributed by atoms with Crippen LogP contribution in [0.4, 0.5) is 10.6 Å². The molecule has 0 bridgehead atoms. The van der Waals surface area contributed by atoms with Gasteiger partial charge in [0.2, 0.25) is 5.91 Å². The average Bonchev–Trinajstić information content (AvgIpc) is 3.25. The van der Waals surface area contributed by atoms with Crippen molar-refractivity contribution < 1.29 is 9.59 Å². The third kappa shape index (κ3) is 2.53. The molecule has 0 atom stereocenters. The number of amides is 3. The summed E-state index contributed by atoms with van der Waals surface area (Å²) in [7, 11) is 3.33. The number of carbonyl (C=O) groups is 2. The zero-order valence-corrected chi connectivity index (χ0v) is 15.1. The van der Waals surface area contributed by atoms with Gasteiger partial charge in [-0.25, -0.2) is 9.48 Å². The van der Waals surface area contributed by atoms with Crippen molar-refractivity contribution in [2.75, 3.05) is 38.6 Å². The molecule has 134 valence electrons. The van der Waals surface area contributed by atoms with Crippen LogP contribution in [0.5, 0.6) is 0 Å². The lowest BCUT2D eigenvalue weighted by molar-refractivity contribution is -0.127. The number of likely N-dealkylation sites (N-methyl/N-ethyl adjacent to an activating group) is 1. The van der Waals surface area contributed by atoms with Gasteiger partial charge in [-0.3, -0.25) is 19.6 Å². The lowest BCUT2D eigenvalue weighted by atomic mass is 10.2. The van der Waals surface area contributed by atoms with Gasteiger partial charge in [0.25, 0.3) is 0 Å². The summed E-state index contributed by atoms with van der Waals surface area (Å²) in [6, 6.07) is 6.87. The fourth-order valence-corrected chi connectivity index (χ4v) is 3.18. The molecule has 26 heavy (non-hydrogen) atoms. The van der Waals surface area contributed by atoms with Gasteiger partial charge in [-0.05, 0) is 24.3 Å². The number of anilines is 1. The maximum Gasteiger partial charge on any atom is 0.331 e. The molecule has 0 unspecified atom stereocenters. The lowest BCUT2D eigenvalue weighted by Gasteiger charge is -2.34. The molecule has 0 N–H and O–H groups in total. The smallest absolute Gasteiger partial charge is 0.331 e. The van der Waals surface area contributed by atoms with E-state index in [-0.39, 0.29) is 18.5 Å².